The fourth-order valence-electron chi connectivity index (χ4n) is 4.46. The van der Waals surface area contributed by atoms with E-state index in [-0.39, 0.29) is 11.3 Å². The van der Waals surface area contributed by atoms with Crippen LogP contribution >= 0.6 is 31.9 Å². The van der Waals surface area contributed by atoms with Crippen molar-refractivity contribution in [1.29, 1.82) is 0 Å². The zero-order chi connectivity index (χ0) is 25.4. The van der Waals surface area contributed by atoms with Crippen molar-refractivity contribution in [2.45, 2.75) is 52.0 Å². The third-order valence-electron chi connectivity index (χ3n) is 6.35. The van der Waals surface area contributed by atoms with Gasteiger partial charge in [-0.05, 0) is 68.7 Å². The number of rotatable bonds is 12. The molecule has 188 valence electrons. The first-order valence-electron chi connectivity index (χ1n) is 12.4. The van der Waals surface area contributed by atoms with Crippen molar-refractivity contribution in [2.75, 3.05) is 26.2 Å². The van der Waals surface area contributed by atoms with Crippen LogP contribution in [0.5, 0.6) is 0 Å². The SMILES string of the molecule is CCCCN(CCCC)CCCN1C(=O)C(=O)/C(=C(/O)c2ccc(Br)cc2)C1c1cccc(Br)c1. The Morgan fingerprint density at radius 1 is 0.914 bits per heavy atom. The number of unbranched alkanes of at least 4 members (excludes halogenated alkanes) is 2. The van der Waals surface area contributed by atoms with E-state index in [0.717, 1.165) is 66.2 Å². The summed E-state index contributed by atoms with van der Waals surface area (Å²) in [6.45, 7) is 7.82. The summed E-state index contributed by atoms with van der Waals surface area (Å²) in [7, 11) is 0. The molecule has 35 heavy (non-hydrogen) atoms. The van der Waals surface area contributed by atoms with Crippen LogP contribution in [0.3, 0.4) is 0 Å². The molecule has 1 aliphatic heterocycles. The highest BCUT2D eigenvalue weighted by Gasteiger charge is 2.45. The summed E-state index contributed by atoms with van der Waals surface area (Å²) in [4.78, 5) is 30.5. The maximum absolute atomic E-state index is 13.2. The minimum absolute atomic E-state index is 0.143. The van der Waals surface area contributed by atoms with Gasteiger partial charge < -0.3 is 14.9 Å². The monoisotopic (exact) mass is 604 g/mol. The average Bonchev–Trinajstić information content (AvgIpc) is 3.10. The number of halogens is 2. The highest BCUT2D eigenvalue weighted by Crippen LogP contribution is 2.40. The Labute approximate surface area is 225 Å². The normalized spacial score (nSPS) is 17.5. The molecule has 0 radical (unpaired) electrons. The molecule has 1 aliphatic rings. The average molecular weight is 606 g/mol. The van der Waals surface area contributed by atoms with Gasteiger partial charge in [0.2, 0.25) is 0 Å². The largest absolute Gasteiger partial charge is 0.507 e. The predicted octanol–water partition coefficient (Wildman–Crippen LogP) is 6.93. The van der Waals surface area contributed by atoms with Crippen LogP contribution in [-0.2, 0) is 9.59 Å². The van der Waals surface area contributed by atoms with E-state index in [4.69, 9.17) is 0 Å². The first kappa shape index (κ1) is 27.6. The Hall–Kier alpha value is -1.96. The number of amides is 1. The van der Waals surface area contributed by atoms with Crippen molar-refractivity contribution in [3.63, 3.8) is 0 Å². The van der Waals surface area contributed by atoms with Gasteiger partial charge in [-0.15, -0.1) is 0 Å². The van der Waals surface area contributed by atoms with Crippen molar-refractivity contribution in [3.8, 4) is 0 Å². The zero-order valence-corrected chi connectivity index (χ0v) is 23.6. The summed E-state index contributed by atoms with van der Waals surface area (Å²) in [5.74, 6) is -1.33. The standard InChI is InChI=1S/C28H34Br2N2O3/c1-3-5-15-31(16-6-4-2)17-8-18-32-25(21-9-7-10-23(30)19-21)24(27(34)28(32)35)26(33)20-11-13-22(29)14-12-20/h7,9-14,19,25,33H,3-6,8,15-18H2,1-2H3/b26-24+. The first-order chi connectivity index (χ1) is 16.9. The lowest BCUT2D eigenvalue weighted by atomic mass is 9.95. The second kappa shape index (κ2) is 13.4. The molecule has 1 saturated heterocycles. The van der Waals surface area contributed by atoms with Crippen molar-refractivity contribution >= 4 is 49.3 Å². The van der Waals surface area contributed by atoms with Crippen molar-refractivity contribution in [1.82, 2.24) is 9.80 Å². The van der Waals surface area contributed by atoms with Crippen molar-refractivity contribution in [3.05, 3.63) is 74.2 Å². The number of aliphatic hydroxyl groups is 1. The molecular formula is C28H34Br2N2O3. The third-order valence-corrected chi connectivity index (χ3v) is 7.37. The van der Waals surface area contributed by atoms with Gasteiger partial charge in [-0.1, -0.05) is 82.8 Å². The highest BCUT2D eigenvalue weighted by atomic mass is 79.9. The first-order valence-corrected chi connectivity index (χ1v) is 14.0. The van der Waals surface area contributed by atoms with Crippen LogP contribution in [0.4, 0.5) is 0 Å². The van der Waals surface area contributed by atoms with Gasteiger partial charge in [-0.25, -0.2) is 0 Å². The number of Topliss-reactive ketones (excluding diaryl/α,β-unsaturated/α-hetero) is 1. The van der Waals surface area contributed by atoms with Crippen molar-refractivity contribution < 1.29 is 14.7 Å². The van der Waals surface area contributed by atoms with Crippen LogP contribution in [0.2, 0.25) is 0 Å². The van der Waals surface area contributed by atoms with Gasteiger partial charge >= 0.3 is 0 Å². The van der Waals surface area contributed by atoms with E-state index >= 15 is 0 Å². The second-order valence-electron chi connectivity index (χ2n) is 8.96. The number of carbonyl (C=O) groups excluding carboxylic acids is 2. The van der Waals surface area contributed by atoms with Gasteiger partial charge in [0, 0.05) is 21.1 Å². The molecule has 1 heterocycles. The summed E-state index contributed by atoms with van der Waals surface area (Å²) in [5, 5.41) is 11.2. The van der Waals surface area contributed by atoms with Gasteiger partial charge in [0.15, 0.2) is 0 Å². The van der Waals surface area contributed by atoms with E-state index in [9.17, 15) is 14.7 Å². The molecule has 1 N–H and O–H groups in total. The number of likely N-dealkylation sites (tertiary alicyclic amines) is 1. The fourth-order valence-corrected chi connectivity index (χ4v) is 5.14. The summed E-state index contributed by atoms with van der Waals surface area (Å²) in [5.41, 5.74) is 1.45. The fraction of sp³-hybridized carbons (Fsp3) is 0.429. The molecule has 7 heteroatoms. The lowest BCUT2D eigenvalue weighted by molar-refractivity contribution is -0.140. The minimum Gasteiger partial charge on any atom is -0.507 e. The lowest BCUT2D eigenvalue weighted by Gasteiger charge is -2.27. The number of carbonyl (C=O) groups is 2. The topological polar surface area (TPSA) is 60.9 Å². The Balaban J connectivity index is 1.91. The second-order valence-corrected chi connectivity index (χ2v) is 10.8. The number of nitrogens with zero attached hydrogens (tertiary/aromatic N) is 2. The quantitative estimate of drug-likeness (QED) is 0.162. The molecule has 0 spiro atoms. The van der Waals surface area contributed by atoms with Crippen molar-refractivity contribution in [2.24, 2.45) is 0 Å². The van der Waals surface area contributed by atoms with Gasteiger partial charge in [0.1, 0.15) is 5.76 Å². The Kier molecular flexibility index (Phi) is 10.6. The Morgan fingerprint density at radius 3 is 2.14 bits per heavy atom. The lowest BCUT2D eigenvalue weighted by Crippen LogP contribution is -2.34. The van der Waals surface area contributed by atoms with Crippen LogP contribution < -0.4 is 0 Å². The Bertz CT molecular complexity index is 1040. The van der Waals surface area contributed by atoms with E-state index in [1.165, 1.54) is 0 Å². The molecule has 2 aromatic rings. The molecule has 3 rings (SSSR count). The van der Waals surface area contributed by atoms with E-state index in [1.54, 1.807) is 29.2 Å². The summed E-state index contributed by atoms with van der Waals surface area (Å²) in [6.07, 6.45) is 5.37. The Morgan fingerprint density at radius 2 is 1.54 bits per heavy atom. The van der Waals surface area contributed by atoms with Crippen LogP contribution in [0.1, 0.15) is 63.1 Å². The molecule has 1 fully saturated rings. The number of aliphatic hydroxyl groups excluding tert-OH is 1. The van der Waals surface area contributed by atoms with Gasteiger partial charge in [0.05, 0.1) is 11.6 Å². The third kappa shape index (κ3) is 7.05. The van der Waals surface area contributed by atoms with E-state index in [1.807, 2.05) is 24.3 Å². The molecule has 0 bridgehead atoms. The van der Waals surface area contributed by atoms with E-state index in [2.05, 4.69) is 50.6 Å². The maximum Gasteiger partial charge on any atom is 0.295 e. The highest BCUT2D eigenvalue weighted by molar-refractivity contribution is 9.10. The number of benzene rings is 2. The van der Waals surface area contributed by atoms with Crippen LogP contribution in [0, 0.1) is 0 Å². The number of hydrogen-bond donors (Lipinski definition) is 1. The maximum atomic E-state index is 13.2. The molecule has 0 saturated carbocycles. The predicted molar refractivity (Wildman–Crippen MR) is 148 cm³/mol. The molecular weight excluding hydrogens is 572 g/mol. The summed E-state index contributed by atoms with van der Waals surface area (Å²) < 4.78 is 1.73. The van der Waals surface area contributed by atoms with Crippen LogP contribution in [0.15, 0.2) is 63.0 Å². The van der Waals surface area contributed by atoms with E-state index in [0.29, 0.717) is 12.1 Å². The number of ketones is 1. The summed E-state index contributed by atoms with van der Waals surface area (Å²) in [6, 6.07) is 14.1. The zero-order valence-electron chi connectivity index (χ0n) is 20.5. The summed E-state index contributed by atoms with van der Waals surface area (Å²) >= 11 is 6.91. The smallest absolute Gasteiger partial charge is 0.295 e. The van der Waals surface area contributed by atoms with E-state index < -0.39 is 17.7 Å². The molecule has 2 aromatic carbocycles. The molecule has 1 amide bonds. The molecule has 5 nitrogen and oxygen atoms in total. The molecule has 1 atom stereocenters. The van der Waals surface area contributed by atoms with Gasteiger partial charge in [-0.2, -0.15) is 0 Å². The molecule has 1 unspecified atom stereocenters. The molecule has 0 aromatic heterocycles. The number of hydrogen-bond acceptors (Lipinski definition) is 4. The van der Waals surface area contributed by atoms with Gasteiger partial charge in [-0.3, -0.25) is 9.59 Å². The minimum atomic E-state index is -0.635. The molecule has 0 aliphatic carbocycles. The van der Waals surface area contributed by atoms with Gasteiger partial charge in [0.25, 0.3) is 11.7 Å². The van der Waals surface area contributed by atoms with Crippen LogP contribution in [0.25, 0.3) is 5.76 Å². The van der Waals surface area contributed by atoms with Crippen LogP contribution in [-0.4, -0.2) is 52.8 Å².